The second kappa shape index (κ2) is 6.22. The highest BCUT2D eigenvalue weighted by atomic mass is 32.1. The minimum atomic E-state index is 0.113. The largest absolute Gasteiger partial charge is 0.491 e. The van der Waals surface area contributed by atoms with Crippen LogP contribution in [-0.2, 0) is 13.0 Å². The van der Waals surface area contributed by atoms with Gasteiger partial charge in [0.15, 0.2) is 0 Å². The first-order chi connectivity index (χ1) is 9.13. The van der Waals surface area contributed by atoms with Gasteiger partial charge in [0.1, 0.15) is 5.75 Å². The highest BCUT2D eigenvalue weighted by Gasteiger charge is 2.09. The molecule has 102 valence electrons. The SMILES string of the molecule is CCc1sc(-c2cccc(OC(C)C)c2)cc1CO. The monoisotopic (exact) mass is 276 g/mol. The van der Waals surface area contributed by atoms with Gasteiger partial charge in [-0.05, 0) is 49.6 Å². The first-order valence-corrected chi connectivity index (χ1v) is 7.45. The fraction of sp³-hybridized carbons (Fsp3) is 0.375. The molecular weight excluding hydrogens is 256 g/mol. The predicted octanol–water partition coefficient (Wildman–Crippen LogP) is 4.26. The molecule has 19 heavy (non-hydrogen) atoms. The molecule has 3 heteroatoms. The van der Waals surface area contributed by atoms with Crippen LogP contribution in [0.3, 0.4) is 0 Å². The molecule has 0 saturated carbocycles. The van der Waals surface area contributed by atoms with Gasteiger partial charge in [-0.1, -0.05) is 19.1 Å². The number of hydrogen-bond donors (Lipinski definition) is 1. The fourth-order valence-corrected chi connectivity index (χ4v) is 3.15. The molecule has 0 aliphatic carbocycles. The molecular formula is C16H20O2S. The molecule has 0 bridgehead atoms. The molecule has 1 aromatic heterocycles. The van der Waals surface area contributed by atoms with Crippen LogP contribution >= 0.6 is 11.3 Å². The Morgan fingerprint density at radius 2 is 2.05 bits per heavy atom. The summed E-state index contributed by atoms with van der Waals surface area (Å²) >= 11 is 1.75. The molecule has 1 heterocycles. The summed E-state index contributed by atoms with van der Waals surface area (Å²) in [4.78, 5) is 2.45. The Morgan fingerprint density at radius 3 is 2.63 bits per heavy atom. The lowest BCUT2D eigenvalue weighted by atomic mass is 10.1. The zero-order chi connectivity index (χ0) is 13.8. The van der Waals surface area contributed by atoms with Crippen LogP contribution in [0.2, 0.25) is 0 Å². The second-order valence-corrected chi connectivity index (χ2v) is 5.90. The third-order valence-electron chi connectivity index (χ3n) is 2.88. The van der Waals surface area contributed by atoms with Gasteiger partial charge in [-0.3, -0.25) is 0 Å². The van der Waals surface area contributed by atoms with Crippen molar-refractivity contribution in [2.45, 2.75) is 39.9 Å². The van der Waals surface area contributed by atoms with Gasteiger partial charge < -0.3 is 9.84 Å². The third-order valence-corrected chi connectivity index (χ3v) is 4.25. The number of rotatable bonds is 5. The number of aliphatic hydroxyl groups excluding tert-OH is 1. The Hall–Kier alpha value is -1.32. The fourth-order valence-electron chi connectivity index (χ4n) is 2.04. The standard InChI is InChI=1S/C16H20O2S/c1-4-15-13(10-17)9-16(19-15)12-6-5-7-14(8-12)18-11(2)3/h5-9,11,17H,4,10H2,1-3H3. The Kier molecular flexibility index (Phi) is 4.61. The number of thiophene rings is 1. The molecule has 0 atom stereocenters. The van der Waals surface area contributed by atoms with Crippen LogP contribution in [0, 0.1) is 0 Å². The average Bonchev–Trinajstić information content (AvgIpc) is 2.81. The number of aryl methyl sites for hydroxylation is 1. The quantitative estimate of drug-likeness (QED) is 0.884. The maximum atomic E-state index is 9.37. The summed E-state index contributed by atoms with van der Waals surface area (Å²) in [6, 6.07) is 10.2. The van der Waals surface area contributed by atoms with Crippen molar-refractivity contribution in [1.29, 1.82) is 0 Å². The van der Waals surface area contributed by atoms with Crippen LogP contribution in [0.25, 0.3) is 10.4 Å². The van der Waals surface area contributed by atoms with Gasteiger partial charge in [-0.15, -0.1) is 11.3 Å². The lowest BCUT2D eigenvalue weighted by Crippen LogP contribution is -2.05. The van der Waals surface area contributed by atoms with Crippen molar-refractivity contribution in [1.82, 2.24) is 0 Å². The number of ether oxygens (including phenoxy) is 1. The molecule has 2 rings (SSSR count). The molecule has 0 spiro atoms. The molecule has 0 unspecified atom stereocenters. The highest BCUT2D eigenvalue weighted by Crippen LogP contribution is 2.33. The van der Waals surface area contributed by atoms with Crippen molar-refractivity contribution < 1.29 is 9.84 Å². The summed E-state index contributed by atoms with van der Waals surface area (Å²) in [7, 11) is 0. The topological polar surface area (TPSA) is 29.5 Å². The summed E-state index contributed by atoms with van der Waals surface area (Å²) in [6.07, 6.45) is 1.14. The van der Waals surface area contributed by atoms with E-state index in [9.17, 15) is 5.11 Å². The van der Waals surface area contributed by atoms with Gasteiger partial charge in [0.05, 0.1) is 12.7 Å². The van der Waals surface area contributed by atoms with E-state index in [1.807, 2.05) is 26.0 Å². The Bertz CT molecular complexity index is 522. The third kappa shape index (κ3) is 3.37. The average molecular weight is 276 g/mol. The van der Waals surface area contributed by atoms with Gasteiger partial charge in [-0.25, -0.2) is 0 Å². The van der Waals surface area contributed by atoms with E-state index in [0.717, 1.165) is 23.3 Å². The van der Waals surface area contributed by atoms with Gasteiger partial charge in [-0.2, -0.15) is 0 Å². The van der Waals surface area contributed by atoms with E-state index in [1.165, 1.54) is 9.75 Å². The zero-order valence-corrected chi connectivity index (χ0v) is 12.5. The maximum absolute atomic E-state index is 9.37. The Balaban J connectivity index is 2.33. The zero-order valence-electron chi connectivity index (χ0n) is 11.6. The van der Waals surface area contributed by atoms with Crippen LogP contribution in [-0.4, -0.2) is 11.2 Å². The molecule has 0 saturated heterocycles. The summed E-state index contributed by atoms with van der Waals surface area (Å²) in [5.41, 5.74) is 2.19. The van der Waals surface area contributed by atoms with Gasteiger partial charge in [0.25, 0.3) is 0 Å². The van der Waals surface area contributed by atoms with Gasteiger partial charge >= 0.3 is 0 Å². The van der Waals surface area contributed by atoms with Crippen molar-refractivity contribution in [2.75, 3.05) is 0 Å². The number of benzene rings is 1. The Labute approximate surface area is 118 Å². The van der Waals surface area contributed by atoms with Crippen molar-refractivity contribution >= 4 is 11.3 Å². The van der Waals surface area contributed by atoms with Crippen molar-refractivity contribution in [3.63, 3.8) is 0 Å². The van der Waals surface area contributed by atoms with Crippen LogP contribution < -0.4 is 4.74 Å². The molecule has 0 aliphatic heterocycles. The van der Waals surface area contributed by atoms with E-state index in [2.05, 4.69) is 25.1 Å². The predicted molar refractivity (Wildman–Crippen MR) is 80.8 cm³/mol. The molecule has 0 fully saturated rings. The van der Waals surface area contributed by atoms with E-state index in [4.69, 9.17) is 4.74 Å². The lowest BCUT2D eigenvalue weighted by Gasteiger charge is -2.10. The summed E-state index contributed by atoms with van der Waals surface area (Å²) < 4.78 is 5.72. The van der Waals surface area contributed by atoms with Crippen LogP contribution in [0.1, 0.15) is 31.2 Å². The van der Waals surface area contributed by atoms with Gasteiger partial charge in [0.2, 0.25) is 0 Å². The molecule has 1 aromatic carbocycles. The van der Waals surface area contributed by atoms with Crippen molar-refractivity contribution in [2.24, 2.45) is 0 Å². The molecule has 0 radical (unpaired) electrons. The van der Waals surface area contributed by atoms with E-state index in [1.54, 1.807) is 11.3 Å². The molecule has 1 N–H and O–H groups in total. The Morgan fingerprint density at radius 1 is 1.26 bits per heavy atom. The maximum Gasteiger partial charge on any atom is 0.120 e. The first-order valence-electron chi connectivity index (χ1n) is 6.63. The normalized spacial score (nSPS) is 11.0. The smallest absolute Gasteiger partial charge is 0.120 e. The van der Waals surface area contributed by atoms with E-state index in [0.29, 0.717) is 0 Å². The minimum absolute atomic E-state index is 0.113. The lowest BCUT2D eigenvalue weighted by molar-refractivity contribution is 0.242. The van der Waals surface area contributed by atoms with Crippen molar-refractivity contribution in [3.8, 4) is 16.2 Å². The molecule has 2 aromatic rings. The molecule has 2 nitrogen and oxygen atoms in total. The summed E-state index contributed by atoms with van der Waals surface area (Å²) in [5.74, 6) is 0.893. The van der Waals surface area contributed by atoms with Crippen LogP contribution in [0.4, 0.5) is 0 Å². The summed E-state index contributed by atoms with van der Waals surface area (Å²) in [6.45, 7) is 6.28. The van der Waals surface area contributed by atoms with Gasteiger partial charge in [0, 0.05) is 9.75 Å². The summed E-state index contributed by atoms with van der Waals surface area (Å²) in [5, 5.41) is 9.37. The van der Waals surface area contributed by atoms with Crippen molar-refractivity contribution in [3.05, 3.63) is 40.8 Å². The molecule has 0 amide bonds. The second-order valence-electron chi connectivity index (χ2n) is 4.77. The number of hydrogen-bond acceptors (Lipinski definition) is 3. The van der Waals surface area contributed by atoms with E-state index < -0.39 is 0 Å². The number of aliphatic hydroxyl groups is 1. The first kappa shape index (κ1) is 14.1. The minimum Gasteiger partial charge on any atom is -0.491 e. The molecule has 0 aliphatic rings. The van der Waals surface area contributed by atoms with E-state index >= 15 is 0 Å². The van der Waals surface area contributed by atoms with E-state index in [-0.39, 0.29) is 12.7 Å². The highest BCUT2D eigenvalue weighted by molar-refractivity contribution is 7.15. The van der Waals surface area contributed by atoms with Crippen LogP contribution in [0.5, 0.6) is 5.75 Å². The van der Waals surface area contributed by atoms with Crippen LogP contribution in [0.15, 0.2) is 30.3 Å².